The summed E-state index contributed by atoms with van der Waals surface area (Å²) in [7, 11) is 2.02. The van der Waals surface area contributed by atoms with Crippen molar-refractivity contribution >= 4 is 22.3 Å². The Morgan fingerprint density at radius 2 is 1.89 bits per heavy atom. The lowest BCUT2D eigenvalue weighted by atomic mass is 10.2. The zero-order valence-electron chi connectivity index (χ0n) is 10.1. The summed E-state index contributed by atoms with van der Waals surface area (Å²) in [4.78, 5) is 0. The van der Waals surface area contributed by atoms with Gasteiger partial charge in [0.1, 0.15) is 5.75 Å². The molecule has 0 unspecified atom stereocenters. The standard InChI is InChI=1S/C15H14N2O/c1-17-9-8-11-6-7-12(10-14(11)17)16-13-4-2-3-5-15(13)18/h2-10,16,18H,1H3. The van der Waals surface area contributed by atoms with E-state index >= 15 is 0 Å². The van der Waals surface area contributed by atoms with Gasteiger partial charge >= 0.3 is 0 Å². The molecular formula is C15H14N2O. The Kier molecular flexibility index (Phi) is 2.45. The van der Waals surface area contributed by atoms with Gasteiger partial charge in [-0.05, 0) is 35.7 Å². The van der Waals surface area contributed by atoms with Gasteiger partial charge in [-0.3, -0.25) is 0 Å². The van der Waals surface area contributed by atoms with Crippen molar-refractivity contribution in [2.24, 2.45) is 7.05 Å². The second kappa shape index (κ2) is 4.11. The molecule has 0 spiro atoms. The van der Waals surface area contributed by atoms with Crippen molar-refractivity contribution in [2.45, 2.75) is 0 Å². The molecule has 18 heavy (non-hydrogen) atoms. The van der Waals surface area contributed by atoms with E-state index in [9.17, 15) is 5.11 Å². The Morgan fingerprint density at radius 1 is 1.06 bits per heavy atom. The predicted molar refractivity (Wildman–Crippen MR) is 74.3 cm³/mol. The molecule has 2 N–H and O–H groups in total. The number of hydrogen-bond donors (Lipinski definition) is 2. The average molecular weight is 238 g/mol. The van der Waals surface area contributed by atoms with E-state index in [0.29, 0.717) is 5.69 Å². The highest BCUT2D eigenvalue weighted by Gasteiger charge is 2.02. The average Bonchev–Trinajstić information content (AvgIpc) is 2.74. The van der Waals surface area contributed by atoms with Crippen molar-refractivity contribution in [3.63, 3.8) is 0 Å². The van der Waals surface area contributed by atoms with Crippen LogP contribution in [-0.2, 0) is 7.05 Å². The number of phenolic OH excluding ortho intramolecular Hbond substituents is 1. The molecule has 0 aliphatic heterocycles. The molecule has 3 rings (SSSR count). The largest absolute Gasteiger partial charge is 0.506 e. The summed E-state index contributed by atoms with van der Waals surface area (Å²) in [5.74, 6) is 0.254. The Morgan fingerprint density at radius 3 is 2.72 bits per heavy atom. The molecule has 0 radical (unpaired) electrons. The van der Waals surface area contributed by atoms with Crippen LogP contribution in [0.3, 0.4) is 0 Å². The fourth-order valence-electron chi connectivity index (χ4n) is 2.08. The van der Waals surface area contributed by atoms with Gasteiger partial charge in [0.25, 0.3) is 0 Å². The molecule has 0 saturated heterocycles. The molecule has 3 heteroatoms. The van der Waals surface area contributed by atoms with Crippen LogP contribution in [0.1, 0.15) is 0 Å². The summed E-state index contributed by atoms with van der Waals surface area (Å²) in [6.45, 7) is 0. The highest BCUT2D eigenvalue weighted by Crippen LogP contribution is 2.27. The number of fused-ring (bicyclic) bond motifs is 1. The van der Waals surface area contributed by atoms with Crippen LogP contribution in [0.5, 0.6) is 5.75 Å². The van der Waals surface area contributed by atoms with Gasteiger partial charge in [0, 0.05) is 24.4 Å². The zero-order chi connectivity index (χ0) is 12.5. The number of hydrogen-bond acceptors (Lipinski definition) is 2. The Hall–Kier alpha value is -2.42. The van der Waals surface area contributed by atoms with Crippen molar-refractivity contribution in [3.8, 4) is 5.75 Å². The van der Waals surface area contributed by atoms with Crippen LogP contribution in [0.25, 0.3) is 10.9 Å². The Labute approximate surface area is 105 Å². The lowest BCUT2D eigenvalue weighted by Crippen LogP contribution is -1.91. The SMILES string of the molecule is Cn1ccc2ccc(Nc3ccccc3O)cc21. The minimum Gasteiger partial charge on any atom is -0.506 e. The smallest absolute Gasteiger partial charge is 0.139 e. The molecule has 0 saturated carbocycles. The first-order valence-corrected chi connectivity index (χ1v) is 5.84. The third-order valence-electron chi connectivity index (χ3n) is 3.07. The first-order valence-electron chi connectivity index (χ1n) is 5.84. The van der Waals surface area contributed by atoms with E-state index in [4.69, 9.17) is 0 Å². The molecule has 0 aliphatic rings. The molecule has 0 fully saturated rings. The minimum absolute atomic E-state index is 0.254. The van der Waals surface area contributed by atoms with Gasteiger partial charge < -0.3 is 15.0 Å². The molecular weight excluding hydrogens is 224 g/mol. The normalized spacial score (nSPS) is 10.7. The van der Waals surface area contributed by atoms with Gasteiger partial charge in [0.05, 0.1) is 5.69 Å². The van der Waals surface area contributed by atoms with E-state index in [0.717, 1.165) is 11.2 Å². The maximum atomic E-state index is 9.73. The van der Waals surface area contributed by atoms with Gasteiger partial charge in [-0.15, -0.1) is 0 Å². The number of benzene rings is 2. The predicted octanol–water partition coefficient (Wildman–Crippen LogP) is 3.63. The van der Waals surface area contributed by atoms with Gasteiger partial charge in [0.2, 0.25) is 0 Å². The number of aromatic nitrogens is 1. The van der Waals surface area contributed by atoms with E-state index in [1.807, 2.05) is 31.4 Å². The van der Waals surface area contributed by atoms with Crippen molar-refractivity contribution in [2.75, 3.05) is 5.32 Å². The van der Waals surface area contributed by atoms with Gasteiger partial charge in [-0.1, -0.05) is 18.2 Å². The Balaban J connectivity index is 2.00. The lowest BCUT2D eigenvalue weighted by Gasteiger charge is -2.08. The summed E-state index contributed by atoms with van der Waals surface area (Å²) in [5, 5.41) is 14.2. The minimum atomic E-state index is 0.254. The number of aryl methyl sites for hydroxylation is 1. The van der Waals surface area contributed by atoms with Crippen LogP contribution >= 0.6 is 0 Å². The molecule has 2 aromatic carbocycles. The second-order valence-electron chi connectivity index (χ2n) is 4.34. The van der Waals surface area contributed by atoms with Crippen LogP contribution in [-0.4, -0.2) is 9.67 Å². The highest BCUT2D eigenvalue weighted by atomic mass is 16.3. The summed E-state index contributed by atoms with van der Waals surface area (Å²) in [6.07, 6.45) is 2.04. The summed E-state index contributed by atoms with van der Waals surface area (Å²) in [5.41, 5.74) is 2.84. The maximum Gasteiger partial charge on any atom is 0.139 e. The van der Waals surface area contributed by atoms with E-state index < -0.39 is 0 Å². The van der Waals surface area contributed by atoms with Crippen molar-refractivity contribution < 1.29 is 5.11 Å². The van der Waals surface area contributed by atoms with Crippen LogP contribution < -0.4 is 5.32 Å². The Bertz CT molecular complexity index is 701. The summed E-state index contributed by atoms with van der Waals surface area (Å²) < 4.78 is 2.07. The molecule has 3 aromatic rings. The molecule has 0 atom stereocenters. The third-order valence-corrected chi connectivity index (χ3v) is 3.07. The molecule has 90 valence electrons. The first kappa shape index (κ1) is 10.7. The van der Waals surface area contributed by atoms with Gasteiger partial charge in [-0.25, -0.2) is 0 Å². The molecule has 1 aromatic heterocycles. The first-order chi connectivity index (χ1) is 8.74. The summed E-state index contributed by atoms with van der Waals surface area (Å²) in [6, 6.07) is 15.4. The van der Waals surface area contributed by atoms with Crippen LogP contribution in [0, 0.1) is 0 Å². The fourth-order valence-corrected chi connectivity index (χ4v) is 2.08. The van der Waals surface area contributed by atoms with Crippen LogP contribution in [0.4, 0.5) is 11.4 Å². The van der Waals surface area contributed by atoms with E-state index in [1.54, 1.807) is 12.1 Å². The monoisotopic (exact) mass is 238 g/mol. The van der Waals surface area contributed by atoms with Crippen molar-refractivity contribution in [1.29, 1.82) is 0 Å². The van der Waals surface area contributed by atoms with E-state index in [2.05, 4.69) is 28.1 Å². The number of anilines is 2. The maximum absolute atomic E-state index is 9.73. The number of nitrogens with one attached hydrogen (secondary N) is 1. The molecule has 0 bridgehead atoms. The second-order valence-corrected chi connectivity index (χ2v) is 4.34. The highest BCUT2D eigenvalue weighted by molar-refractivity contribution is 5.84. The number of para-hydroxylation sites is 2. The number of nitrogens with zero attached hydrogens (tertiary/aromatic N) is 1. The van der Waals surface area contributed by atoms with Crippen LogP contribution in [0.15, 0.2) is 54.7 Å². The third kappa shape index (κ3) is 1.80. The number of aromatic hydroxyl groups is 1. The fraction of sp³-hybridized carbons (Fsp3) is 0.0667. The topological polar surface area (TPSA) is 37.2 Å². The van der Waals surface area contributed by atoms with Crippen molar-refractivity contribution in [3.05, 3.63) is 54.7 Å². The van der Waals surface area contributed by atoms with Crippen molar-refractivity contribution in [1.82, 2.24) is 4.57 Å². The van der Waals surface area contributed by atoms with Gasteiger partial charge in [0.15, 0.2) is 0 Å². The van der Waals surface area contributed by atoms with Gasteiger partial charge in [-0.2, -0.15) is 0 Å². The molecule has 0 amide bonds. The molecule has 0 aliphatic carbocycles. The molecule has 1 heterocycles. The lowest BCUT2D eigenvalue weighted by molar-refractivity contribution is 0.478. The number of rotatable bonds is 2. The van der Waals surface area contributed by atoms with E-state index in [-0.39, 0.29) is 5.75 Å². The summed E-state index contributed by atoms with van der Waals surface area (Å²) >= 11 is 0. The molecule has 3 nitrogen and oxygen atoms in total. The quantitative estimate of drug-likeness (QED) is 0.669. The van der Waals surface area contributed by atoms with Crippen LogP contribution in [0.2, 0.25) is 0 Å². The number of phenols is 1. The zero-order valence-corrected chi connectivity index (χ0v) is 10.1. The van der Waals surface area contributed by atoms with E-state index in [1.165, 1.54) is 5.39 Å².